The fourth-order valence-corrected chi connectivity index (χ4v) is 0.819. The van der Waals surface area contributed by atoms with Crippen LogP contribution in [0.15, 0.2) is 0 Å². The van der Waals surface area contributed by atoms with E-state index in [0.29, 0.717) is 12.3 Å². The second kappa shape index (κ2) is 7.67. The average Bonchev–Trinajstić information content (AvgIpc) is 2.02. The molecule has 6 heteroatoms. The van der Waals surface area contributed by atoms with Gasteiger partial charge in [0.05, 0.1) is 6.61 Å². The summed E-state index contributed by atoms with van der Waals surface area (Å²) in [6.45, 7) is 0.156. The Morgan fingerprint density at radius 2 is 1.92 bits per heavy atom. The molecule has 0 saturated carbocycles. The Morgan fingerprint density at radius 1 is 1.23 bits per heavy atom. The van der Waals surface area contributed by atoms with E-state index in [1.165, 1.54) is 0 Å². The van der Waals surface area contributed by atoms with Crippen molar-refractivity contribution in [2.24, 2.45) is 0 Å². The molecule has 0 aromatic rings. The zero-order valence-electron chi connectivity index (χ0n) is 6.99. The molecular formula is C7H11ClO5. The lowest BCUT2D eigenvalue weighted by Crippen LogP contribution is -2.12. The van der Waals surface area contributed by atoms with Crippen molar-refractivity contribution >= 4 is 23.9 Å². The van der Waals surface area contributed by atoms with Crippen molar-refractivity contribution in [1.29, 1.82) is 0 Å². The lowest BCUT2D eigenvalue weighted by atomic mass is 10.3. The highest BCUT2D eigenvalue weighted by molar-refractivity contribution is 6.17. The number of hydrogen-bond donors (Lipinski definition) is 1. The molecule has 0 unspecified atom stereocenters. The van der Waals surface area contributed by atoms with Crippen molar-refractivity contribution in [3.8, 4) is 0 Å². The quantitative estimate of drug-likeness (QED) is 0.326. The van der Waals surface area contributed by atoms with Crippen LogP contribution < -0.4 is 0 Å². The predicted molar refractivity (Wildman–Crippen MR) is 45.0 cm³/mol. The van der Waals surface area contributed by atoms with Crippen molar-refractivity contribution in [2.75, 3.05) is 12.5 Å². The van der Waals surface area contributed by atoms with Crippen LogP contribution in [0.4, 0.5) is 9.59 Å². The number of carbonyl (C=O) groups excluding carboxylic acids is 1. The number of ether oxygens (including phenoxy) is 2. The van der Waals surface area contributed by atoms with E-state index in [4.69, 9.17) is 16.7 Å². The summed E-state index contributed by atoms with van der Waals surface area (Å²) in [5, 5.41) is 7.98. The van der Waals surface area contributed by atoms with E-state index in [0.717, 1.165) is 12.8 Å². The number of halogens is 1. The maximum Gasteiger partial charge on any atom is 0.518 e. The number of alkyl halides is 1. The third-order valence-corrected chi connectivity index (χ3v) is 1.44. The molecule has 0 rings (SSSR count). The Bertz CT molecular complexity index is 170. The minimum Gasteiger partial charge on any atom is -0.449 e. The van der Waals surface area contributed by atoms with E-state index < -0.39 is 12.3 Å². The first kappa shape index (κ1) is 12.0. The summed E-state index contributed by atoms with van der Waals surface area (Å²) in [6, 6.07) is 0. The molecule has 5 nitrogen and oxygen atoms in total. The van der Waals surface area contributed by atoms with Gasteiger partial charge in [0.2, 0.25) is 0 Å². The van der Waals surface area contributed by atoms with Gasteiger partial charge in [-0.2, -0.15) is 0 Å². The Kier molecular flexibility index (Phi) is 7.10. The molecule has 0 radical (unpaired) electrons. The van der Waals surface area contributed by atoms with Crippen molar-refractivity contribution in [2.45, 2.75) is 19.3 Å². The zero-order chi connectivity index (χ0) is 10.1. The third kappa shape index (κ3) is 8.94. The van der Waals surface area contributed by atoms with E-state index in [9.17, 15) is 9.59 Å². The van der Waals surface area contributed by atoms with Gasteiger partial charge in [-0.05, 0) is 19.3 Å². The lowest BCUT2D eigenvalue weighted by Gasteiger charge is -2.01. The summed E-state index contributed by atoms with van der Waals surface area (Å²) < 4.78 is 8.10. The molecule has 0 saturated heterocycles. The van der Waals surface area contributed by atoms with Gasteiger partial charge in [-0.1, -0.05) is 0 Å². The van der Waals surface area contributed by atoms with E-state index in [1.54, 1.807) is 0 Å². The van der Waals surface area contributed by atoms with Gasteiger partial charge in [0.25, 0.3) is 0 Å². The molecule has 0 aliphatic carbocycles. The fraction of sp³-hybridized carbons (Fsp3) is 0.714. The van der Waals surface area contributed by atoms with Gasteiger partial charge in [0, 0.05) is 5.88 Å². The summed E-state index contributed by atoms with van der Waals surface area (Å²) in [5.74, 6) is 0.569. The van der Waals surface area contributed by atoms with E-state index in [-0.39, 0.29) is 6.61 Å². The molecule has 0 spiro atoms. The summed E-state index contributed by atoms with van der Waals surface area (Å²) in [4.78, 5) is 20.2. The maximum absolute atomic E-state index is 10.4. The molecule has 0 amide bonds. The first-order valence-electron chi connectivity index (χ1n) is 3.80. The second-order valence-corrected chi connectivity index (χ2v) is 2.59. The van der Waals surface area contributed by atoms with Gasteiger partial charge in [0.1, 0.15) is 0 Å². The maximum atomic E-state index is 10.4. The Morgan fingerprint density at radius 3 is 2.46 bits per heavy atom. The standard InChI is InChI=1S/C7H11ClO5/c8-4-2-1-3-5-12-7(11)13-6(9)10/h1-5H2,(H,9,10). The number of carboxylic acid groups (broad SMARTS) is 1. The minimum atomic E-state index is -1.66. The highest BCUT2D eigenvalue weighted by Crippen LogP contribution is 1.98. The van der Waals surface area contributed by atoms with Gasteiger partial charge in [-0.15, -0.1) is 11.6 Å². The van der Waals surface area contributed by atoms with Crippen LogP contribution in [0.5, 0.6) is 0 Å². The zero-order valence-corrected chi connectivity index (χ0v) is 7.75. The fourth-order valence-electron chi connectivity index (χ4n) is 0.630. The van der Waals surface area contributed by atoms with Crippen LogP contribution in [0.3, 0.4) is 0 Å². The van der Waals surface area contributed by atoms with Crippen LogP contribution in [0.2, 0.25) is 0 Å². The highest BCUT2D eigenvalue weighted by atomic mass is 35.5. The molecule has 0 aliphatic heterocycles. The second-order valence-electron chi connectivity index (χ2n) is 2.22. The Balaban J connectivity index is 3.22. The van der Waals surface area contributed by atoms with Crippen LogP contribution in [-0.4, -0.2) is 29.9 Å². The molecule has 0 atom stereocenters. The number of unbranched alkanes of at least 4 members (excludes halogenated alkanes) is 2. The number of hydrogen-bond acceptors (Lipinski definition) is 4. The predicted octanol–water partition coefficient (Wildman–Crippen LogP) is 2.23. The van der Waals surface area contributed by atoms with Crippen LogP contribution in [0.25, 0.3) is 0 Å². The largest absolute Gasteiger partial charge is 0.518 e. The average molecular weight is 211 g/mol. The molecule has 13 heavy (non-hydrogen) atoms. The van der Waals surface area contributed by atoms with Crippen LogP contribution in [-0.2, 0) is 9.47 Å². The summed E-state index contributed by atoms with van der Waals surface area (Å²) in [6.07, 6.45) is -0.506. The van der Waals surface area contributed by atoms with Gasteiger partial charge < -0.3 is 14.6 Å². The topological polar surface area (TPSA) is 72.8 Å². The molecule has 1 N–H and O–H groups in total. The Hall–Kier alpha value is -0.970. The van der Waals surface area contributed by atoms with Crippen molar-refractivity contribution in [1.82, 2.24) is 0 Å². The summed E-state index contributed by atoms with van der Waals surface area (Å²) in [5.41, 5.74) is 0. The molecule has 0 heterocycles. The highest BCUT2D eigenvalue weighted by Gasteiger charge is 2.08. The molecule has 0 aromatic heterocycles. The van der Waals surface area contributed by atoms with Gasteiger partial charge in [-0.3, -0.25) is 0 Å². The van der Waals surface area contributed by atoms with Gasteiger partial charge >= 0.3 is 12.3 Å². The van der Waals surface area contributed by atoms with E-state index in [2.05, 4.69) is 9.47 Å². The third-order valence-electron chi connectivity index (χ3n) is 1.17. The van der Waals surface area contributed by atoms with Crippen molar-refractivity contribution in [3.63, 3.8) is 0 Å². The lowest BCUT2D eigenvalue weighted by molar-refractivity contribution is 0.0538. The molecule has 0 bridgehead atoms. The molecule has 76 valence electrons. The first-order valence-corrected chi connectivity index (χ1v) is 4.33. The minimum absolute atomic E-state index is 0.156. The number of carbonyl (C=O) groups is 2. The van der Waals surface area contributed by atoms with Crippen molar-refractivity contribution < 1.29 is 24.2 Å². The summed E-state index contributed by atoms with van der Waals surface area (Å²) in [7, 11) is 0. The van der Waals surface area contributed by atoms with Crippen LogP contribution >= 0.6 is 11.6 Å². The van der Waals surface area contributed by atoms with Gasteiger partial charge in [0.15, 0.2) is 0 Å². The summed E-state index contributed by atoms with van der Waals surface area (Å²) >= 11 is 5.40. The van der Waals surface area contributed by atoms with Crippen LogP contribution in [0.1, 0.15) is 19.3 Å². The monoisotopic (exact) mass is 210 g/mol. The van der Waals surface area contributed by atoms with Crippen molar-refractivity contribution in [3.05, 3.63) is 0 Å². The van der Waals surface area contributed by atoms with E-state index >= 15 is 0 Å². The first-order chi connectivity index (χ1) is 6.16. The SMILES string of the molecule is O=C(O)OC(=O)OCCCCCCl. The number of rotatable bonds is 5. The molecule has 0 aromatic carbocycles. The smallest absolute Gasteiger partial charge is 0.449 e. The van der Waals surface area contributed by atoms with Crippen LogP contribution in [0, 0.1) is 0 Å². The molecular weight excluding hydrogens is 200 g/mol. The molecule has 0 aliphatic rings. The molecule has 0 fully saturated rings. The normalized spacial score (nSPS) is 9.31. The Labute approximate surface area is 80.6 Å². The van der Waals surface area contributed by atoms with Gasteiger partial charge in [-0.25, -0.2) is 9.59 Å². The van der Waals surface area contributed by atoms with E-state index in [1.807, 2.05) is 0 Å².